The molecule has 1 heterocycles. The van der Waals surface area contributed by atoms with Gasteiger partial charge < -0.3 is 15.2 Å². The molecule has 0 radical (unpaired) electrons. The van der Waals surface area contributed by atoms with Gasteiger partial charge in [-0.15, -0.1) is 11.3 Å². The maximum atomic E-state index is 6.00. The average molecular weight is 299 g/mol. The van der Waals surface area contributed by atoms with Crippen molar-refractivity contribution < 1.29 is 9.47 Å². The lowest BCUT2D eigenvalue weighted by Crippen LogP contribution is -2.04. The molecule has 0 bridgehead atoms. The van der Waals surface area contributed by atoms with Crippen LogP contribution in [-0.2, 0) is 13.2 Å². The van der Waals surface area contributed by atoms with Gasteiger partial charge in [0.2, 0.25) is 0 Å². The van der Waals surface area contributed by atoms with E-state index in [1.165, 1.54) is 0 Å². The molecule has 0 amide bonds. The van der Waals surface area contributed by atoms with Crippen LogP contribution in [0, 0.1) is 6.92 Å². The van der Waals surface area contributed by atoms with Crippen molar-refractivity contribution in [2.24, 2.45) is 5.73 Å². The number of hydrogen-bond acceptors (Lipinski definition) is 5. The molecule has 0 atom stereocenters. The first kappa shape index (κ1) is 14.1. The molecule has 2 aromatic rings. The summed E-state index contributed by atoms with van der Waals surface area (Å²) in [6.45, 7) is 2.74. The van der Waals surface area contributed by atoms with Crippen LogP contribution < -0.4 is 15.2 Å². The fourth-order valence-corrected chi connectivity index (χ4v) is 2.64. The van der Waals surface area contributed by atoms with E-state index < -0.39 is 0 Å². The topological polar surface area (TPSA) is 57.4 Å². The van der Waals surface area contributed by atoms with Crippen LogP contribution >= 0.6 is 22.9 Å². The first-order chi connectivity index (χ1) is 9.13. The lowest BCUT2D eigenvalue weighted by atomic mass is 10.2. The van der Waals surface area contributed by atoms with Gasteiger partial charge in [0.25, 0.3) is 0 Å². The largest absolute Gasteiger partial charge is 0.493 e. The second kappa shape index (κ2) is 6.23. The summed E-state index contributed by atoms with van der Waals surface area (Å²) in [4.78, 5) is 5.24. The molecule has 2 rings (SSSR count). The van der Waals surface area contributed by atoms with Crippen LogP contribution in [0.3, 0.4) is 0 Å². The van der Waals surface area contributed by atoms with E-state index in [9.17, 15) is 0 Å². The van der Waals surface area contributed by atoms with Gasteiger partial charge in [-0.05, 0) is 13.0 Å². The average Bonchev–Trinajstić information content (AvgIpc) is 2.81. The van der Waals surface area contributed by atoms with Gasteiger partial charge in [0.1, 0.15) is 6.61 Å². The SMILES string of the molecule is COc1cc(Cl)cc(CN)c1OCc1cnc(C)s1. The second-order valence-corrected chi connectivity index (χ2v) is 5.69. The van der Waals surface area contributed by atoms with Crippen molar-refractivity contribution >= 4 is 22.9 Å². The van der Waals surface area contributed by atoms with E-state index in [0.29, 0.717) is 29.7 Å². The van der Waals surface area contributed by atoms with Crippen molar-refractivity contribution in [3.8, 4) is 11.5 Å². The summed E-state index contributed by atoms with van der Waals surface area (Å²) < 4.78 is 11.1. The Labute approximate surface area is 121 Å². The molecule has 0 unspecified atom stereocenters. The third-order valence-corrected chi connectivity index (χ3v) is 3.67. The Kier molecular flexibility index (Phi) is 4.63. The smallest absolute Gasteiger partial charge is 0.166 e. The molecule has 2 N–H and O–H groups in total. The van der Waals surface area contributed by atoms with Gasteiger partial charge in [-0.2, -0.15) is 0 Å². The summed E-state index contributed by atoms with van der Waals surface area (Å²) in [6, 6.07) is 3.51. The Balaban J connectivity index is 2.23. The van der Waals surface area contributed by atoms with Crippen molar-refractivity contribution in [2.75, 3.05) is 7.11 Å². The van der Waals surface area contributed by atoms with E-state index in [1.54, 1.807) is 30.6 Å². The van der Waals surface area contributed by atoms with Gasteiger partial charge >= 0.3 is 0 Å². The van der Waals surface area contributed by atoms with Gasteiger partial charge in [-0.25, -0.2) is 4.98 Å². The predicted octanol–water partition coefficient (Wildman–Crippen LogP) is 3.15. The fourth-order valence-electron chi connectivity index (χ4n) is 1.71. The van der Waals surface area contributed by atoms with Gasteiger partial charge in [0.05, 0.1) is 17.0 Å². The summed E-state index contributed by atoms with van der Waals surface area (Å²) in [6.07, 6.45) is 1.81. The van der Waals surface area contributed by atoms with E-state index in [0.717, 1.165) is 15.4 Å². The van der Waals surface area contributed by atoms with E-state index in [1.807, 2.05) is 13.1 Å². The normalized spacial score (nSPS) is 10.5. The number of ether oxygens (including phenoxy) is 2. The van der Waals surface area contributed by atoms with Crippen molar-refractivity contribution in [3.05, 3.63) is 38.8 Å². The van der Waals surface area contributed by atoms with Crippen molar-refractivity contribution in [2.45, 2.75) is 20.1 Å². The summed E-state index contributed by atoms with van der Waals surface area (Å²) in [5, 5.41) is 1.60. The van der Waals surface area contributed by atoms with E-state index in [2.05, 4.69) is 4.98 Å². The van der Waals surface area contributed by atoms with E-state index >= 15 is 0 Å². The lowest BCUT2D eigenvalue weighted by Gasteiger charge is -2.14. The maximum Gasteiger partial charge on any atom is 0.166 e. The number of hydrogen-bond donors (Lipinski definition) is 1. The number of nitrogens with two attached hydrogens (primary N) is 1. The quantitative estimate of drug-likeness (QED) is 0.921. The molecular weight excluding hydrogens is 284 g/mol. The van der Waals surface area contributed by atoms with Crippen molar-refractivity contribution in [1.82, 2.24) is 4.98 Å². The lowest BCUT2D eigenvalue weighted by molar-refractivity contribution is 0.284. The van der Waals surface area contributed by atoms with Crippen LogP contribution in [0.4, 0.5) is 0 Å². The third-order valence-electron chi connectivity index (χ3n) is 2.56. The Morgan fingerprint density at radius 1 is 1.42 bits per heavy atom. The monoisotopic (exact) mass is 298 g/mol. The molecule has 6 heteroatoms. The Hall–Kier alpha value is -1.30. The molecule has 0 aliphatic heterocycles. The van der Waals surface area contributed by atoms with Gasteiger partial charge in [0.15, 0.2) is 11.5 Å². The molecule has 1 aromatic heterocycles. The van der Waals surface area contributed by atoms with Crippen LogP contribution in [0.1, 0.15) is 15.4 Å². The van der Waals surface area contributed by atoms with Crippen molar-refractivity contribution in [3.63, 3.8) is 0 Å². The highest BCUT2D eigenvalue weighted by molar-refractivity contribution is 7.11. The number of halogens is 1. The molecule has 19 heavy (non-hydrogen) atoms. The van der Waals surface area contributed by atoms with Crippen LogP contribution in [0.5, 0.6) is 11.5 Å². The third kappa shape index (κ3) is 3.37. The minimum absolute atomic E-state index is 0.341. The van der Waals surface area contributed by atoms with Gasteiger partial charge in [-0.1, -0.05) is 11.6 Å². The minimum Gasteiger partial charge on any atom is -0.493 e. The fraction of sp³-hybridized carbons (Fsp3) is 0.308. The minimum atomic E-state index is 0.341. The molecule has 0 spiro atoms. The van der Waals surface area contributed by atoms with Crippen LogP contribution in [0.25, 0.3) is 0 Å². The highest BCUT2D eigenvalue weighted by Crippen LogP contribution is 2.35. The summed E-state index contributed by atoms with van der Waals surface area (Å²) in [7, 11) is 1.58. The first-order valence-corrected chi connectivity index (χ1v) is 6.94. The van der Waals surface area contributed by atoms with E-state index in [-0.39, 0.29) is 0 Å². The van der Waals surface area contributed by atoms with Crippen LogP contribution in [0.15, 0.2) is 18.3 Å². The number of nitrogens with zero attached hydrogens (tertiary/aromatic N) is 1. The molecule has 4 nitrogen and oxygen atoms in total. The Morgan fingerprint density at radius 2 is 2.21 bits per heavy atom. The van der Waals surface area contributed by atoms with Crippen LogP contribution in [-0.4, -0.2) is 12.1 Å². The number of aryl methyl sites for hydroxylation is 1. The van der Waals surface area contributed by atoms with Gasteiger partial charge in [0, 0.05) is 29.4 Å². The summed E-state index contributed by atoms with van der Waals surface area (Å²) >= 11 is 7.60. The van der Waals surface area contributed by atoms with Crippen LogP contribution in [0.2, 0.25) is 5.02 Å². The zero-order valence-electron chi connectivity index (χ0n) is 10.8. The standard InChI is InChI=1S/C13H15ClN2O2S/c1-8-16-6-11(19-8)7-18-13-9(5-15)3-10(14)4-12(13)17-2/h3-4,6H,5,7,15H2,1-2H3. The Bertz CT molecular complexity index is 547. The summed E-state index contributed by atoms with van der Waals surface area (Å²) in [5.41, 5.74) is 6.54. The second-order valence-electron chi connectivity index (χ2n) is 3.93. The Morgan fingerprint density at radius 3 is 2.79 bits per heavy atom. The molecule has 102 valence electrons. The highest BCUT2D eigenvalue weighted by atomic mass is 35.5. The molecule has 0 saturated carbocycles. The summed E-state index contributed by atoms with van der Waals surface area (Å²) in [5.74, 6) is 1.23. The number of thiazole rings is 1. The number of rotatable bonds is 5. The highest BCUT2D eigenvalue weighted by Gasteiger charge is 2.12. The molecule has 1 aromatic carbocycles. The van der Waals surface area contributed by atoms with E-state index in [4.69, 9.17) is 26.8 Å². The maximum absolute atomic E-state index is 6.00. The van der Waals surface area contributed by atoms with Crippen molar-refractivity contribution in [1.29, 1.82) is 0 Å². The molecule has 0 saturated heterocycles. The molecular formula is C13H15ClN2O2S. The number of benzene rings is 1. The number of methoxy groups -OCH3 is 1. The zero-order valence-corrected chi connectivity index (χ0v) is 12.3. The predicted molar refractivity (Wildman–Crippen MR) is 77.1 cm³/mol. The molecule has 0 aliphatic rings. The number of aromatic nitrogens is 1. The zero-order chi connectivity index (χ0) is 13.8. The molecule has 0 fully saturated rings. The first-order valence-electron chi connectivity index (χ1n) is 5.74. The molecule has 0 aliphatic carbocycles. The van der Waals surface area contributed by atoms with Gasteiger partial charge in [-0.3, -0.25) is 0 Å².